The summed E-state index contributed by atoms with van der Waals surface area (Å²) in [5, 5.41) is 6.36. The van der Waals surface area contributed by atoms with Gasteiger partial charge in [-0.15, -0.1) is 0 Å². The summed E-state index contributed by atoms with van der Waals surface area (Å²) >= 11 is 0. The highest BCUT2D eigenvalue weighted by Crippen LogP contribution is 2.12. The molecule has 0 radical (unpaired) electrons. The van der Waals surface area contributed by atoms with E-state index in [2.05, 4.69) is 22.8 Å². The first kappa shape index (κ1) is 20.9. The summed E-state index contributed by atoms with van der Waals surface area (Å²) in [5.74, 6) is -0.0129. The van der Waals surface area contributed by atoms with Crippen molar-refractivity contribution in [2.24, 2.45) is 5.10 Å². The van der Waals surface area contributed by atoms with Crippen molar-refractivity contribution in [3.05, 3.63) is 71.8 Å². The molecule has 0 heterocycles. The Kier molecular flexibility index (Phi) is 9.00. The predicted octanol–water partition coefficient (Wildman–Crippen LogP) is 3.41. The van der Waals surface area contributed by atoms with Gasteiger partial charge < -0.3 is 10.1 Å². The van der Waals surface area contributed by atoms with E-state index in [9.17, 15) is 9.59 Å². The van der Waals surface area contributed by atoms with E-state index < -0.39 is 5.91 Å². The van der Waals surface area contributed by atoms with E-state index >= 15 is 0 Å². The number of benzene rings is 2. The number of hydrogen-bond donors (Lipinski definition) is 2. The van der Waals surface area contributed by atoms with E-state index in [1.807, 2.05) is 36.4 Å². The fourth-order valence-electron chi connectivity index (χ4n) is 2.21. The lowest BCUT2D eigenvalue weighted by Gasteiger charge is -2.07. The molecule has 6 heteroatoms. The number of allylic oxidation sites excluding steroid dienone is 1. The molecular weight excluding hydrogens is 354 g/mol. The lowest BCUT2D eigenvalue weighted by molar-refractivity contribution is -0.120. The van der Waals surface area contributed by atoms with Gasteiger partial charge >= 0.3 is 0 Å². The van der Waals surface area contributed by atoms with E-state index in [-0.39, 0.29) is 12.5 Å². The fraction of sp³-hybridized carbons (Fsp3) is 0.227. The minimum Gasteiger partial charge on any atom is -0.494 e. The Balaban J connectivity index is 1.69. The number of nitrogens with zero attached hydrogens (tertiary/aromatic N) is 1. The molecule has 0 fully saturated rings. The lowest BCUT2D eigenvalue weighted by atomic mass is 10.2. The zero-order valence-electron chi connectivity index (χ0n) is 15.9. The first-order valence-corrected chi connectivity index (χ1v) is 9.23. The van der Waals surface area contributed by atoms with Crippen LogP contribution in [0.5, 0.6) is 5.75 Å². The summed E-state index contributed by atoms with van der Waals surface area (Å²) < 4.78 is 5.55. The SMILES string of the molecule is CCCCOc1ccc(C(=O)NCC(=O)N/N=C\C=C\c2ccccc2)cc1. The maximum Gasteiger partial charge on any atom is 0.259 e. The third-order valence-electron chi connectivity index (χ3n) is 3.73. The minimum absolute atomic E-state index is 0.159. The molecule has 0 aliphatic rings. The minimum atomic E-state index is -0.405. The van der Waals surface area contributed by atoms with Crippen molar-refractivity contribution < 1.29 is 14.3 Å². The van der Waals surface area contributed by atoms with Crippen molar-refractivity contribution in [3.8, 4) is 5.75 Å². The van der Waals surface area contributed by atoms with Crippen LogP contribution in [-0.4, -0.2) is 31.2 Å². The third-order valence-corrected chi connectivity index (χ3v) is 3.73. The number of carbonyl (C=O) groups is 2. The van der Waals surface area contributed by atoms with Crippen molar-refractivity contribution in [3.63, 3.8) is 0 Å². The molecule has 0 unspecified atom stereocenters. The van der Waals surface area contributed by atoms with Crippen molar-refractivity contribution in [1.29, 1.82) is 0 Å². The first-order chi connectivity index (χ1) is 13.7. The standard InChI is InChI=1S/C22H25N3O3/c1-2-3-16-28-20-13-11-19(12-14-20)22(27)23-17-21(26)25-24-15-7-10-18-8-5-4-6-9-18/h4-15H,2-3,16-17H2,1H3,(H,23,27)(H,25,26)/b10-7+,24-15-. The average molecular weight is 379 g/mol. The van der Waals surface area contributed by atoms with E-state index in [0.717, 1.165) is 24.2 Å². The van der Waals surface area contributed by atoms with Gasteiger partial charge in [-0.1, -0.05) is 49.8 Å². The molecule has 0 aliphatic carbocycles. The van der Waals surface area contributed by atoms with Crippen LogP contribution in [-0.2, 0) is 4.79 Å². The second-order valence-electron chi connectivity index (χ2n) is 5.99. The molecule has 6 nitrogen and oxygen atoms in total. The molecule has 0 aliphatic heterocycles. The summed E-state index contributed by atoms with van der Waals surface area (Å²) in [5.41, 5.74) is 3.86. The highest BCUT2D eigenvalue weighted by Gasteiger charge is 2.07. The Morgan fingerprint density at radius 2 is 1.82 bits per heavy atom. The van der Waals surface area contributed by atoms with Gasteiger partial charge in [0.05, 0.1) is 13.2 Å². The molecule has 0 aromatic heterocycles. The van der Waals surface area contributed by atoms with Crippen molar-refractivity contribution in [1.82, 2.24) is 10.7 Å². The summed E-state index contributed by atoms with van der Waals surface area (Å²) in [4.78, 5) is 23.8. The molecule has 2 rings (SSSR count). The average Bonchev–Trinajstić information content (AvgIpc) is 2.73. The first-order valence-electron chi connectivity index (χ1n) is 9.23. The second-order valence-corrected chi connectivity index (χ2v) is 5.99. The van der Waals surface area contributed by atoms with Crippen LogP contribution in [0.2, 0.25) is 0 Å². The van der Waals surface area contributed by atoms with Crippen LogP contribution in [0.3, 0.4) is 0 Å². The molecule has 2 N–H and O–H groups in total. The summed E-state index contributed by atoms with van der Waals surface area (Å²) in [7, 11) is 0. The van der Waals surface area contributed by atoms with Crippen LogP contribution < -0.4 is 15.5 Å². The number of nitrogens with one attached hydrogen (secondary N) is 2. The Labute approximate surface area is 165 Å². The third kappa shape index (κ3) is 7.86. The number of hydrazone groups is 1. The van der Waals surface area contributed by atoms with E-state index in [4.69, 9.17) is 4.74 Å². The van der Waals surface area contributed by atoms with Gasteiger partial charge in [-0.25, -0.2) is 5.43 Å². The predicted molar refractivity (Wildman–Crippen MR) is 111 cm³/mol. The number of unbranched alkanes of at least 4 members (excludes halogenated alkanes) is 1. The zero-order chi connectivity index (χ0) is 20.0. The van der Waals surface area contributed by atoms with E-state index in [1.165, 1.54) is 6.21 Å². The summed E-state index contributed by atoms with van der Waals surface area (Å²) in [6.45, 7) is 2.59. The molecule has 0 saturated carbocycles. The van der Waals surface area contributed by atoms with Gasteiger partial charge in [-0.05, 0) is 42.3 Å². The van der Waals surface area contributed by atoms with Crippen LogP contribution in [0, 0.1) is 0 Å². The van der Waals surface area contributed by atoms with Gasteiger partial charge in [-0.2, -0.15) is 5.10 Å². The number of rotatable bonds is 10. The fourth-order valence-corrected chi connectivity index (χ4v) is 2.21. The van der Waals surface area contributed by atoms with Crippen molar-refractivity contribution in [2.45, 2.75) is 19.8 Å². The quantitative estimate of drug-likeness (QED) is 0.377. The molecule has 2 aromatic carbocycles. The van der Waals surface area contributed by atoms with Crippen molar-refractivity contribution in [2.75, 3.05) is 13.2 Å². The van der Waals surface area contributed by atoms with Gasteiger partial charge in [0, 0.05) is 11.8 Å². The highest BCUT2D eigenvalue weighted by molar-refractivity contribution is 5.96. The number of hydrogen-bond acceptors (Lipinski definition) is 4. The van der Waals surface area contributed by atoms with Crippen LogP contribution >= 0.6 is 0 Å². The Morgan fingerprint density at radius 1 is 1.07 bits per heavy atom. The lowest BCUT2D eigenvalue weighted by Crippen LogP contribution is -2.34. The molecule has 0 saturated heterocycles. The molecular formula is C22H25N3O3. The number of carbonyl (C=O) groups excluding carboxylic acids is 2. The Bertz CT molecular complexity index is 800. The Morgan fingerprint density at radius 3 is 2.54 bits per heavy atom. The van der Waals surface area contributed by atoms with E-state index in [1.54, 1.807) is 30.3 Å². The Hall–Kier alpha value is -3.41. The molecule has 0 bridgehead atoms. The molecule has 0 spiro atoms. The summed E-state index contributed by atoms with van der Waals surface area (Å²) in [6.07, 6.45) is 7.12. The molecule has 28 heavy (non-hydrogen) atoms. The normalized spacial score (nSPS) is 10.9. The molecule has 0 atom stereocenters. The van der Waals surface area contributed by atoms with Gasteiger partial charge in [0.1, 0.15) is 5.75 Å². The van der Waals surface area contributed by atoms with Crippen LogP contribution in [0.1, 0.15) is 35.7 Å². The number of ether oxygens (including phenoxy) is 1. The van der Waals surface area contributed by atoms with Crippen LogP contribution in [0.4, 0.5) is 0 Å². The van der Waals surface area contributed by atoms with Gasteiger partial charge in [-0.3, -0.25) is 9.59 Å². The van der Waals surface area contributed by atoms with Crippen molar-refractivity contribution >= 4 is 24.1 Å². The topological polar surface area (TPSA) is 79.8 Å². The zero-order valence-corrected chi connectivity index (χ0v) is 15.9. The van der Waals surface area contributed by atoms with Gasteiger partial charge in [0.2, 0.25) is 0 Å². The highest BCUT2D eigenvalue weighted by atomic mass is 16.5. The smallest absolute Gasteiger partial charge is 0.259 e. The monoisotopic (exact) mass is 379 g/mol. The number of amides is 2. The second kappa shape index (κ2) is 12.1. The maximum atomic E-state index is 12.1. The largest absolute Gasteiger partial charge is 0.494 e. The molecule has 2 aromatic rings. The molecule has 2 amide bonds. The van der Waals surface area contributed by atoms with Crippen LogP contribution in [0.25, 0.3) is 6.08 Å². The van der Waals surface area contributed by atoms with Gasteiger partial charge in [0.15, 0.2) is 0 Å². The maximum absolute atomic E-state index is 12.1. The summed E-state index contributed by atoms with van der Waals surface area (Å²) in [6, 6.07) is 16.6. The van der Waals surface area contributed by atoms with Gasteiger partial charge in [0.25, 0.3) is 11.8 Å². The van der Waals surface area contributed by atoms with E-state index in [0.29, 0.717) is 12.2 Å². The van der Waals surface area contributed by atoms with Crippen LogP contribution in [0.15, 0.2) is 65.8 Å². The molecule has 146 valence electrons.